The lowest BCUT2D eigenvalue weighted by molar-refractivity contribution is 0.146. The highest BCUT2D eigenvalue weighted by Crippen LogP contribution is 2.22. The van der Waals surface area contributed by atoms with Gasteiger partial charge in [0.2, 0.25) is 0 Å². The molecule has 162 valence electrons. The molecule has 0 amide bonds. The molecule has 1 fully saturated rings. The molecule has 1 aromatic rings. The fraction of sp³-hybridized carbons (Fsp3) is 0.524. The lowest BCUT2D eigenvalue weighted by Gasteiger charge is -2.20. The van der Waals surface area contributed by atoms with Crippen LogP contribution in [0.3, 0.4) is 0 Å². The number of hydrogen-bond acceptors (Lipinski definition) is 9. The van der Waals surface area contributed by atoms with E-state index in [9.17, 15) is 0 Å². The van der Waals surface area contributed by atoms with Crippen molar-refractivity contribution in [3.05, 3.63) is 35.4 Å². The Kier molecular flexibility index (Phi) is 8.34. The van der Waals surface area contributed by atoms with Gasteiger partial charge in [0.15, 0.2) is 0 Å². The Morgan fingerprint density at radius 3 is 2.70 bits per heavy atom. The molecule has 0 saturated carbocycles. The monoisotopic (exact) mass is 413 g/mol. The van der Waals surface area contributed by atoms with E-state index in [2.05, 4.69) is 20.3 Å². The molecule has 0 bridgehead atoms. The second-order valence-corrected chi connectivity index (χ2v) is 7.31. The maximum absolute atomic E-state index is 6.37. The van der Waals surface area contributed by atoms with E-state index in [4.69, 9.17) is 25.9 Å². The second-order valence-electron chi connectivity index (χ2n) is 7.31. The summed E-state index contributed by atoms with van der Waals surface area (Å²) in [6.07, 6.45) is 10.1. The zero-order chi connectivity index (χ0) is 21.2. The first-order chi connectivity index (χ1) is 14.7. The van der Waals surface area contributed by atoms with Gasteiger partial charge in [-0.1, -0.05) is 0 Å². The number of allylic oxidation sites excluding steroid dienone is 1. The Morgan fingerprint density at radius 1 is 1.27 bits per heavy atom. The maximum Gasteiger partial charge on any atom is 0.316 e. The largest absolute Gasteiger partial charge is 0.467 e. The number of aliphatic imine (C=N–C) groups is 2. The maximum atomic E-state index is 6.37. The van der Waals surface area contributed by atoms with Crippen molar-refractivity contribution in [3.63, 3.8) is 0 Å². The number of rotatable bonds is 7. The number of nitrogens with one attached hydrogen (secondary N) is 1. The normalized spacial score (nSPS) is 19.9. The first kappa shape index (κ1) is 21.9. The summed E-state index contributed by atoms with van der Waals surface area (Å²) in [6, 6.07) is 0.287. The van der Waals surface area contributed by atoms with Gasteiger partial charge < -0.3 is 26.3 Å². The average molecular weight is 414 g/mol. The van der Waals surface area contributed by atoms with E-state index in [1.54, 1.807) is 18.6 Å². The van der Waals surface area contributed by atoms with Crippen LogP contribution in [-0.4, -0.2) is 61.9 Å². The summed E-state index contributed by atoms with van der Waals surface area (Å²) >= 11 is 0. The van der Waals surface area contributed by atoms with Gasteiger partial charge in [0.25, 0.3) is 0 Å². The summed E-state index contributed by atoms with van der Waals surface area (Å²) in [7, 11) is 1.52. The minimum absolute atomic E-state index is 0.287. The van der Waals surface area contributed by atoms with Crippen molar-refractivity contribution in [2.24, 2.45) is 27.4 Å². The Labute approximate surface area is 177 Å². The predicted octanol–water partition coefficient (Wildman–Crippen LogP) is 1.49. The molecule has 0 aromatic carbocycles. The average Bonchev–Trinajstić information content (AvgIpc) is 3.01. The Balaban J connectivity index is 1.89. The number of piperidine rings is 1. The van der Waals surface area contributed by atoms with Crippen LogP contribution in [0.5, 0.6) is 6.01 Å². The van der Waals surface area contributed by atoms with Crippen molar-refractivity contribution >= 4 is 17.6 Å². The number of nitrogens with two attached hydrogens (primary N) is 2. The minimum Gasteiger partial charge on any atom is -0.467 e. The topological polar surface area (TPSA) is 133 Å². The summed E-state index contributed by atoms with van der Waals surface area (Å²) in [4.78, 5) is 17.7. The Bertz CT molecular complexity index is 809. The van der Waals surface area contributed by atoms with Crippen LogP contribution in [0.1, 0.15) is 25.7 Å². The lowest BCUT2D eigenvalue weighted by Crippen LogP contribution is -2.29. The summed E-state index contributed by atoms with van der Waals surface area (Å²) in [6.45, 7) is 4.05. The highest BCUT2D eigenvalue weighted by Gasteiger charge is 2.19. The van der Waals surface area contributed by atoms with Crippen LogP contribution in [0.2, 0.25) is 0 Å². The van der Waals surface area contributed by atoms with Crippen LogP contribution in [0.4, 0.5) is 5.69 Å². The van der Waals surface area contributed by atoms with Gasteiger partial charge in [0, 0.05) is 36.7 Å². The van der Waals surface area contributed by atoms with Crippen molar-refractivity contribution in [1.82, 2.24) is 15.3 Å². The summed E-state index contributed by atoms with van der Waals surface area (Å²) in [5, 5.41) is 3.38. The quantitative estimate of drug-likeness (QED) is 0.577. The molecule has 0 aliphatic carbocycles. The van der Waals surface area contributed by atoms with E-state index in [-0.39, 0.29) is 6.01 Å². The van der Waals surface area contributed by atoms with Crippen molar-refractivity contribution < 1.29 is 9.47 Å². The van der Waals surface area contributed by atoms with Crippen molar-refractivity contribution in [1.29, 1.82) is 0 Å². The Hall–Kier alpha value is -2.78. The zero-order valence-corrected chi connectivity index (χ0v) is 17.5. The van der Waals surface area contributed by atoms with Crippen LogP contribution >= 0.6 is 0 Å². The molecule has 0 radical (unpaired) electrons. The van der Waals surface area contributed by atoms with Gasteiger partial charge in [-0.25, -0.2) is 15.0 Å². The van der Waals surface area contributed by atoms with Gasteiger partial charge in [-0.3, -0.25) is 4.99 Å². The third-order valence-corrected chi connectivity index (χ3v) is 5.23. The first-order valence-corrected chi connectivity index (χ1v) is 10.3. The molecule has 0 unspecified atom stereocenters. The predicted molar refractivity (Wildman–Crippen MR) is 118 cm³/mol. The molecule has 0 atom stereocenters. The van der Waals surface area contributed by atoms with E-state index >= 15 is 0 Å². The molecule has 3 heterocycles. The minimum atomic E-state index is 0.287. The smallest absolute Gasteiger partial charge is 0.316 e. The summed E-state index contributed by atoms with van der Waals surface area (Å²) in [5.74, 6) is 0.590. The number of aromatic nitrogens is 2. The van der Waals surface area contributed by atoms with Crippen molar-refractivity contribution in [2.75, 3.05) is 40.0 Å². The van der Waals surface area contributed by atoms with Crippen molar-refractivity contribution in [2.45, 2.75) is 25.7 Å². The molecule has 3 rings (SSSR count). The van der Waals surface area contributed by atoms with Gasteiger partial charge in [-0.15, -0.1) is 0 Å². The first-order valence-electron chi connectivity index (χ1n) is 10.3. The summed E-state index contributed by atoms with van der Waals surface area (Å²) < 4.78 is 10.6. The van der Waals surface area contributed by atoms with Gasteiger partial charge in [0.1, 0.15) is 5.69 Å². The number of ether oxygens (including phenoxy) is 2. The van der Waals surface area contributed by atoms with Gasteiger partial charge in [-0.2, -0.15) is 0 Å². The van der Waals surface area contributed by atoms with Crippen LogP contribution < -0.4 is 21.5 Å². The van der Waals surface area contributed by atoms with E-state index in [1.807, 2.05) is 0 Å². The van der Waals surface area contributed by atoms with Gasteiger partial charge in [-0.05, 0) is 43.8 Å². The van der Waals surface area contributed by atoms with E-state index in [0.717, 1.165) is 49.3 Å². The molecule has 5 N–H and O–H groups in total. The molecule has 1 aromatic heterocycles. The molecule has 2 aliphatic heterocycles. The summed E-state index contributed by atoms with van der Waals surface area (Å²) in [5.41, 5.74) is 16.0. The third-order valence-electron chi connectivity index (χ3n) is 5.23. The fourth-order valence-electron chi connectivity index (χ4n) is 3.50. The van der Waals surface area contributed by atoms with E-state index in [0.29, 0.717) is 43.4 Å². The van der Waals surface area contributed by atoms with Gasteiger partial charge in [0.05, 0.1) is 38.4 Å². The molecule has 9 nitrogen and oxygen atoms in total. The highest BCUT2D eigenvalue weighted by atomic mass is 16.5. The third kappa shape index (κ3) is 6.11. The second kappa shape index (κ2) is 11.4. The molecule has 2 aliphatic rings. The fourth-order valence-corrected chi connectivity index (χ4v) is 3.50. The number of methoxy groups -OCH3 is 1. The van der Waals surface area contributed by atoms with E-state index < -0.39 is 0 Å². The lowest BCUT2D eigenvalue weighted by atomic mass is 9.97. The van der Waals surface area contributed by atoms with Crippen LogP contribution in [-0.2, 0) is 4.74 Å². The molecule has 0 spiro atoms. The standard InChI is InChI=1S/C21H31N7O2/c1-29-21-26-13-17(14-27-21)28-20(18-4-8-30-9-5-19(18)23)16(10-22)12-25-11-15-2-6-24-7-3-15/h10,12-15,24H,2-9,11,22-23H2,1H3. The van der Waals surface area contributed by atoms with Crippen LogP contribution in [0, 0.1) is 5.92 Å². The zero-order valence-electron chi connectivity index (χ0n) is 17.5. The van der Waals surface area contributed by atoms with E-state index in [1.165, 1.54) is 13.3 Å². The molecular formula is C21H31N7O2. The molecular weight excluding hydrogens is 382 g/mol. The Morgan fingerprint density at radius 2 is 2.00 bits per heavy atom. The van der Waals surface area contributed by atoms with Crippen LogP contribution in [0.15, 0.2) is 45.4 Å². The van der Waals surface area contributed by atoms with Crippen molar-refractivity contribution in [3.8, 4) is 6.01 Å². The SMILES string of the molecule is COc1ncc(N=C(C(C=NCC2CCNCC2)=CN)C2=C(N)CCOCC2)cn1. The number of nitrogens with zero attached hydrogens (tertiary/aromatic N) is 4. The number of hydrogen-bond donors (Lipinski definition) is 3. The molecule has 30 heavy (non-hydrogen) atoms. The highest BCUT2D eigenvalue weighted by molar-refractivity contribution is 6.24. The van der Waals surface area contributed by atoms with Crippen LogP contribution in [0.25, 0.3) is 0 Å². The molecule has 9 heteroatoms. The van der Waals surface area contributed by atoms with Gasteiger partial charge >= 0.3 is 6.01 Å². The molecule has 1 saturated heterocycles.